The predicted molar refractivity (Wildman–Crippen MR) is 37.6 cm³/mol. The molecule has 2 heteroatoms. The van der Waals surface area contributed by atoms with Crippen molar-refractivity contribution in [2.24, 2.45) is 11.8 Å². The minimum atomic E-state index is 0.137. The second-order valence-corrected chi connectivity index (χ2v) is 3.06. The maximum atomic E-state index is 10.8. The van der Waals surface area contributed by atoms with Gasteiger partial charge in [0.25, 0.3) is 0 Å². The van der Waals surface area contributed by atoms with Gasteiger partial charge in [-0.25, -0.2) is 0 Å². The van der Waals surface area contributed by atoms with Crippen molar-refractivity contribution < 1.29 is 9.59 Å². The molecule has 0 bridgehead atoms. The number of hydrogen-bond acceptors (Lipinski definition) is 2. The Labute approximate surface area is 60.6 Å². The summed E-state index contributed by atoms with van der Waals surface area (Å²) in [5.41, 5.74) is 0. The van der Waals surface area contributed by atoms with E-state index in [0.29, 0.717) is 18.6 Å². The van der Waals surface area contributed by atoms with Gasteiger partial charge in [-0.2, -0.15) is 0 Å². The van der Waals surface area contributed by atoms with Gasteiger partial charge in [-0.1, -0.05) is 6.92 Å². The van der Waals surface area contributed by atoms with Gasteiger partial charge in [-0.05, 0) is 12.3 Å². The van der Waals surface area contributed by atoms with Gasteiger partial charge in [0.2, 0.25) is 0 Å². The minimum Gasteiger partial charge on any atom is -0.303 e. The molecule has 1 rings (SSSR count). The Balaban J connectivity index is 2.50. The fraction of sp³-hybridized carbons (Fsp3) is 0.750. The van der Waals surface area contributed by atoms with Crippen LogP contribution in [0.15, 0.2) is 0 Å². The number of carbonyl (C=O) groups excluding carboxylic acids is 2. The summed E-state index contributed by atoms with van der Waals surface area (Å²) in [5.74, 6) is 0.724. The van der Waals surface area contributed by atoms with Crippen molar-refractivity contribution in [3.05, 3.63) is 0 Å². The van der Waals surface area contributed by atoms with Crippen LogP contribution in [0.3, 0.4) is 0 Å². The Bertz CT molecular complexity index is 151. The molecule has 0 N–H and O–H groups in total. The Morgan fingerprint density at radius 3 is 2.80 bits per heavy atom. The minimum absolute atomic E-state index is 0.137. The van der Waals surface area contributed by atoms with Gasteiger partial charge < -0.3 is 4.79 Å². The molecule has 0 heterocycles. The highest BCUT2D eigenvalue weighted by molar-refractivity contribution is 5.80. The van der Waals surface area contributed by atoms with Crippen molar-refractivity contribution in [3.8, 4) is 0 Å². The number of rotatable bonds is 1. The Morgan fingerprint density at radius 1 is 1.60 bits per heavy atom. The van der Waals surface area contributed by atoms with Crippen molar-refractivity contribution in [1.82, 2.24) is 0 Å². The molecule has 0 radical (unpaired) electrons. The number of Topliss-reactive ketones (excluding diaryl/α,β-unsaturated/α-hetero) is 1. The summed E-state index contributed by atoms with van der Waals surface area (Å²) in [5, 5.41) is 0. The Kier molecular flexibility index (Phi) is 2.20. The molecule has 1 saturated carbocycles. The van der Waals surface area contributed by atoms with E-state index in [-0.39, 0.29) is 11.8 Å². The summed E-state index contributed by atoms with van der Waals surface area (Å²) in [7, 11) is 0. The molecule has 2 unspecified atom stereocenters. The zero-order valence-electron chi connectivity index (χ0n) is 6.17. The highest BCUT2D eigenvalue weighted by atomic mass is 16.1. The normalized spacial score (nSPS) is 33.9. The summed E-state index contributed by atoms with van der Waals surface area (Å²) in [6, 6.07) is 0. The molecule has 0 aliphatic heterocycles. The third-order valence-corrected chi connectivity index (χ3v) is 2.21. The maximum Gasteiger partial charge on any atom is 0.133 e. The Morgan fingerprint density at radius 2 is 2.30 bits per heavy atom. The van der Waals surface area contributed by atoms with Crippen LogP contribution in [0.2, 0.25) is 0 Å². The topological polar surface area (TPSA) is 34.1 Å². The van der Waals surface area contributed by atoms with Crippen LogP contribution >= 0.6 is 0 Å². The van der Waals surface area contributed by atoms with E-state index in [0.717, 1.165) is 12.7 Å². The fourth-order valence-corrected chi connectivity index (χ4v) is 1.43. The first kappa shape index (κ1) is 7.45. The summed E-state index contributed by atoms with van der Waals surface area (Å²) in [6.45, 7) is 1.97. The lowest BCUT2D eigenvalue weighted by Crippen LogP contribution is -2.23. The maximum absolute atomic E-state index is 10.8. The van der Waals surface area contributed by atoms with Crippen LogP contribution in [-0.4, -0.2) is 12.1 Å². The van der Waals surface area contributed by atoms with E-state index >= 15 is 0 Å². The number of carbonyl (C=O) groups is 2. The van der Waals surface area contributed by atoms with Gasteiger partial charge in [0.1, 0.15) is 12.1 Å². The summed E-state index contributed by atoms with van der Waals surface area (Å²) in [4.78, 5) is 21.2. The van der Waals surface area contributed by atoms with Crippen LogP contribution in [0, 0.1) is 11.8 Å². The van der Waals surface area contributed by atoms with Crippen LogP contribution in [-0.2, 0) is 9.59 Å². The lowest BCUT2D eigenvalue weighted by Gasteiger charge is -2.22. The standard InChI is InChI=1S/C8H12O2/c1-6-4-8(10)3-2-7(6)5-9/h5-7H,2-4H2,1H3. The van der Waals surface area contributed by atoms with E-state index < -0.39 is 0 Å². The molecule has 56 valence electrons. The third kappa shape index (κ3) is 1.43. The lowest BCUT2D eigenvalue weighted by molar-refractivity contribution is -0.124. The molecule has 0 amide bonds. The molecule has 2 atom stereocenters. The van der Waals surface area contributed by atoms with Crippen molar-refractivity contribution in [3.63, 3.8) is 0 Å². The molecule has 1 aliphatic carbocycles. The Hall–Kier alpha value is -0.660. The van der Waals surface area contributed by atoms with Gasteiger partial charge >= 0.3 is 0 Å². The van der Waals surface area contributed by atoms with E-state index in [2.05, 4.69) is 0 Å². The van der Waals surface area contributed by atoms with Crippen LogP contribution in [0.4, 0.5) is 0 Å². The highest BCUT2D eigenvalue weighted by Crippen LogP contribution is 2.25. The average molecular weight is 140 g/mol. The van der Waals surface area contributed by atoms with Crippen molar-refractivity contribution >= 4 is 12.1 Å². The molecule has 1 fully saturated rings. The first-order valence-electron chi connectivity index (χ1n) is 3.71. The largest absolute Gasteiger partial charge is 0.303 e. The predicted octanol–water partition coefficient (Wildman–Crippen LogP) is 1.19. The van der Waals surface area contributed by atoms with Crippen molar-refractivity contribution in [1.29, 1.82) is 0 Å². The summed E-state index contributed by atoms with van der Waals surface area (Å²) < 4.78 is 0. The quantitative estimate of drug-likeness (QED) is 0.513. The van der Waals surface area contributed by atoms with E-state index in [1.165, 1.54) is 0 Å². The van der Waals surface area contributed by atoms with Gasteiger partial charge in [0.05, 0.1) is 0 Å². The summed E-state index contributed by atoms with van der Waals surface area (Å²) in [6.07, 6.45) is 2.96. The van der Waals surface area contributed by atoms with Crippen LogP contribution in [0.1, 0.15) is 26.2 Å². The van der Waals surface area contributed by atoms with Gasteiger partial charge in [0, 0.05) is 18.8 Å². The molecule has 0 aromatic rings. The van der Waals surface area contributed by atoms with Gasteiger partial charge in [-0.3, -0.25) is 4.79 Å². The first-order valence-corrected chi connectivity index (χ1v) is 3.71. The van der Waals surface area contributed by atoms with Crippen LogP contribution in [0.25, 0.3) is 0 Å². The molecular formula is C8H12O2. The number of ketones is 1. The number of aldehydes is 1. The first-order chi connectivity index (χ1) is 4.74. The zero-order chi connectivity index (χ0) is 7.56. The smallest absolute Gasteiger partial charge is 0.133 e. The highest BCUT2D eigenvalue weighted by Gasteiger charge is 2.24. The zero-order valence-corrected chi connectivity index (χ0v) is 6.17. The fourth-order valence-electron chi connectivity index (χ4n) is 1.43. The second-order valence-electron chi connectivity index (χ2n) is 3.06. The molecule has 0 spiro atoms. The van der Waals surface area contributed by atoms with Gasteiger partial charge in [0.15, 0.2) is 0 Å². The molecule has 0 aromatic heterocycles. The lowest BCUT2D eigenvalue weighted by atomic mass is 9.81. The molecule has 0 aromatic carbocycles. The molecular weight excluding hydrogens is 128 g/mol. The summed E-state index contributed by atoms with van der Waals surface area (Å²) >= 11 is 0. The van der Waals surface area contributed by atoms with E-state index in [4.69, 9.17) is 0 Å². The van der Waals surface area contributed by atoms with Crippen LogP contribution < -0.4 is 0 Å². The molecule has 0 saturated heterocycles. The van der Waals surface area contributed by atoms with Crippen LogP contribution in [0.5, 0.6) is 0 Å². The monoisotopic (exact) mass is 140 g/mol. The molecule has 1 aliphatic rings. The van der Waals surface area contributed by atoms with Crippen molar-refractivity contribution in [2.75, 3.05) is 0 Å². The van der Waals surface area contributed by atoms with Crippen molar-refractivity contribution in [2.45, 2.75) is 26.2 Å². The average Bonchev–Trinajstić information content (AvgIpc) is 1.88. The second kappa shape index (κ2) is 2.95. The van der Waals surface area contributed by atoms with E-state index in [1.807, 2.05) is 6.92 Å². The van der Waals surface area contributed by atoms with E-state index in [9.17, 15) is 9.59 Å². The molecule has 2 nitrogen and oxygen atoms in total. The van der Waals surface area contributed by atoms with E-state index in [1.54, 1.807) is 0 Å². The molecule has 10 heavy (non-hydrogen) atoms. The third-order valence-electron chi connectivity index (χ3n) is 2.21. The SMILES string of the molecule is CC1CC(=O)CCC1C=O. The van der Waals surface area contributed by atoms with Gasteiger partial charge in [-0.15, -0.1) is 0 Å². The number of hydrogen-bond donors (Lipinski definition) is 0.